The first kappa shape index (κ1) is 16.8. The zero-order valence-electron chi connectivity index (χ0n) is 15.5. The van der Waals surface area contributed by atoms with Gasteiger partial charge in [-0.3, -0.25) is 0 Å². The molecule has 26 heavy (non-hydrogen) atoms. The highest BCUT2D eigenvalue weighted by molar-refractivity contribution is 5.76. The summed E-state index contributed by atoms with van der Waals surface area (Å²) in [4.78, 5) is 6.73. The lowest BCUT2D eigenvalue weighted by Gasteiger charge is -2.23. The number of nitrogens with one attached hydrogen (secondary N) is 1. The van der Waals surface area contributed by atoms with Gasteiger partial charge >= 0.3 is 0 Å². The van der Waals surface area contributed by atoms with Gasteiger partial charge in [0.1, 0.15) is 0 Å². The number of hydrogen-bond acceptors (Lipinski definition) is 6. The number of azo groups is 1. The summed E-state index contributed by atoms with van der Waals surface area (Å²) in [6.07, 6.45) is 1.08. The van der Waals surface area contributed by atoms with E-state index in [9.17, 15) is 0 Å². The molecule has 2 aromatic rings. The van der Waals surface area contributed by atoms with Crippen LogP contribution in [-0.2, 0) is 0 Å². The number of para-hydroxylation sites is 2. The van der Waals surface area contributed by atoms with Gasteiger partial charge in [-0.15, -0.1) is 5.11 Å². The Morgan fingerprint density at radius 3 is 2.27 bits per heavy atom. The van der Waals surface area contributed by atoms with Crippen molar-refractivity contribution in [2.75, 3.05) is 55.0 Å². The molecule has 1 saturated heterocycles. The largest absolute Gasteiger partial charge is 0.370 e. The summed E-state index contributed by atoms with van der Waals surface area (Å²) in [6, 6.07) is 16.8. The van der Waals surface area contributed by atoms with Gasteiger partial charge in [0.15, 0.2) is 0 Å². The minimum Gasteiger partial charge on any atom is -0.370 e. The van der Waals surface area contributed by atoms with Gasteiger partial charge < -0.3 is 20.0 Å². The Morgan fingerprint density at radius 2 is 1.58 bits per heavy atom. The molecule has 136 valence electrons. The van der Waals surface area contributed by atoms with Crippen molar-refractivity contribution in [2.45, 2.75) is 12.7 Å². The topological polar surface area (TPSA) is 46.5 Å². The second-order valence-electron chi connectivity index (χ2n) is 6.88. The third kappa shape index (κ3) is 3.24. The Balaban J connectivity index is 1.46. The molecule has 0 aliphatic carbocycles. The van der Waals surface area contributed by atoms with Crippen LogP contribution < -0.4 is 20.0 Å². The fraction of sp³-hybridized carbons (Fsp3) is 0.400. The summed E-state index contributed by atoms with van der Waals surface area (Å²) in [5, 5.41) is 12.5. The van der Waals surface area contributed by atoms with E-state index >= 15 is 0 Å². The molecule has 1 N–H and O–H groups in total. The van der Waals surface area contributed by atoms with Gasteiger partial charge in [-0.2, -0.15) is 5.11 Å². The van der Waals surface area contributed by atoms with Gasteiger partial charge in [0.2, 0.25) is 6.29 Å². The van der Waals surface area contributed by atoms with Crippen LogP contribution in [0.5, 0.6) is 0 Å². The SMILES string of the molecule is CN1c2ccccc2N(C)C1N=Nc1ccc(N2CCCNCC2)cc1. The molecule has 2 aromatic carbocycles. The van der Waals surface area contributed by atoms with Crippen LogP contribution in [0.2, 0.25) is 0 Å². The maximum atomic E-state index is 4.58. The van der Waals surface area contributed by atoms with Crippen LogP contribution in [0.4, 0.5) is 22.7 Å². The molecule has 0 radical (unpaired) electrons. The molecule has 0 spiro atoms. The van der Waals surface area contributed by atoms with E-state index in [0.29, 0.717) is 0 Å². The highest BCUT2D eigenvalue weighted by Gasteiger charge is 2.30. The Kier molecular flexibility index (Phi) is 4.75. The fourth-order valence-corrected chi connectivity index (χ4v) is 3.68. The van der Waals surface area contributed by atoms with E-state index < -0.39 is 0 Å². The number of benzene rings is 2. The first-order chi connectivity index (χ1) is 12.7. The summed E-state index contributed by atoms with van der Waals surface area (Å²) in [5.41, 5.74) is 4.52. The molecule has 1 fully saturated rings. The summed E-state index contributed by atoms with van der Waals surface area (Å²) < 4.78 is 0. The summed E-state index contributed by atoms with van der Waals surface area (Å²) in [5.74, 6) is 0. The third-order valence-corrected chi connectivity index (χ3v) is 5.17. The quantitative estimate of drug-likeness (QED) is 0.862. The smallest absolute Gasteiger partial charge is 0.218 e. The van der Waals surface area contributed by atoms with Crippen LogP contribution in [0, 0.1) is 0 Å². The minimum atomic E-state index is -0.108. The van der Waals surface area contributed by atoms with Crippen molar-refractivity contribution in [1.82, 2.24) is 5.32 Å². The normalized spacial score (nSPS) is 18.5. The predicted octanol–water partition coefficient (Wildman–Crippen LogP) is 3.44. The van der Waals surface area contributed by atoms with Crippen LogP contribution >= 0.6 is 0 Å². The maximum Gasteiger partial charge on any atom is 0.218 e. The van der Waals surface area contributed by atoms with E-state index in [-0.39, 0.29) is 6.29 Å². The van der Waals surface area contributed by atoms with E-state index in [1.54, 1.807) is 0 Å². The standard InChI is InChI=1S/C20H26N6/c1-24-18-6-3-4-7-19(18)25(2)20(24)23-22-16-8-10-17(11-9-16)26-14-5-12-21-13-15-26/h3-4,6-11,20-21H,5,12-15H2,1-2H3. The molecular formula is C20H26N6. The fourth-order valence-electron chi connectivity index (χ4n) is 3.68. The zero-order chi connectivity index (χ0) is 17.9. The van der Waals surface area contributed by atoms with Gasteiger partial charge in [0.25, 0.3) is 0 Å². The van der Waals surface area contributed by atoms with Crippen molar-refractivity contribution in [3.05, 3.63) is 48.5 Å². The number of hydrogen-bond donors (Lipinski definition) is 1. The molecule has 0 unspecified atom stereocenters. The van der Waals surface area contributed by atoms with E-state index in [0.717, 1.165) is 31.9 Å². The number of nitrogens with zero attached hydrogens (tertiary/aromatic N) is 5. The summed E-state index contributed by atoms with van der Waals surface area (Å²) in [6.45, 7) is 4.30. The lowest BCUT2D eigenvalue weighted by molar-refractivity contribution is 0.649. The van der Waals surface area contributed by atoms with Crippen molar-refractivity contribution in [3.8, 4) is 0 Å². The number of anilines is 3. The summed E-state index contributed by atoms with van der Waals surface area (Å²) >= 11 is 0. The molecule has 0 amide bonds. The molecule has 0 saturated carbocycles. The first-order valence-corrected chi connectivity index (χ1v) is 9.25. The Hall–Kier alpha value is -2.60. The van der Waals surface area contributed by atoms with E-state index in [2.05, 4.69) is 92.9 Å². The maximum absolute atomic E-state index is 4.58. The van der Waals surface area contributed by atoms with Crippen LogP contribution in [0.25, 0.3) is 0 Å². The molecule has 0 bridgehead atoms. The number of fused-ring (bicyclic) bond motifs is 1. The Morgan fingerprint density at radius 1 is 0.885 bits per heavy atom. The Bertz CT molecular complexity index is 735. The van der Waals surface area contributed by atoms with Crippen LogP contribution in [-0.4, -0.2) is 46.6 Å². The van der Waals surface area contributed by atoms with E-state index in [4.69, 9.17) is 0 Å². The molecule has 2 aliphatic heterocycles. The van der Waals surface area contributed by atoms with Crippen molar-refractivity contribution in [1.29, 1.82) is 0 Å². The average Bonchev–Trinajstić information content (AvgIpc) is 2.87. The van der Waals surface area contributed by atoms with Crippen molar-refractivity contribution >= 4 is 22.7 Å². The molecule has 2 aliphatic rings. The average molecular weight is 350 g/mol. The second-order valence-corrected chi connectivity index (χ2v) is 6.88. The lowest BCUT2D eigenvalue weighted by Crippen LogP contribution is -2.36. The first-order valence-electron chi connectivity index (χ1n) is 9.25. The van der Waals surface area contributed by atoms with E-state index in [1.807, 2.05) is 0 Å². The lowest BCUT2D eigenvalue weighted by atomic mass is 10.2. The molecule has 2 heterocycles. The van der Waals surface area contributed by atoms with Crippen LogP contribution in [0.1, 0.15) is 6.42 Å². The molecule has 0 aromatic heterocycles. The molecule has 6 nitrogen and oxygen atoms in total. The predicted molar refractivity (Wildman–Crippen MR) is 108 cm³/mol. The highest BCUT2D eigenvalue weighted by atomic mass is 15.5. The van der Waals surface area contributed by atoms with Gasteiger partial charge in [0, 0.05) is 39.4 Å². The molecule has 6 heteroatoms. The minimum absolute atomic E-state index is 0.108. The van der Waals surface area contributed by atoms with Gasteiger partial charge in [0.05, 0.1) is 17.1 Å². The van der Waals surface area contributed by atoms with Gasteiger partial charge in [-0.05, 0) is 49.4 Å². The van der Waals surface area contributed by atoms with Gasteiger partial charge in [-0.25, -0.2) is 0 Å². The van der Waals surface area contributed by atoms with Crippen molar-refractivity contribution < 1.29 is 0 Å². The monoisotopic (exact) mass is 350 g/mol. The molecule has 0 atom stereocenters. The Labute approximate surface area is 155 Å². The van der Waals surface area contributed by atoms with Crippen LogP contribution in [0.15, 0.2) is 58.8 Å². The third-order valence-electron chi connectivity index (χ3n) is 5.17. The van der Waals surface area contributed by atoms with Crippen LogP contribution in [0.3, 0.4) is 0 Å². The zero-order valence-corrected chi connectivity index (χ0v) is 15.5. The summed E-state index contributed by atoms with van der Waals surface area (Å²) in [7, 11) is 4.12. The van der Waals surface area contributed by atoms with E-state index in [1.165, 1.54) is 23.5 Å². The van der Waals surface area contributed by atoms with Gasteiger partial charge in [-0.1, -0.05) is 12.1 Å². The molecule has 4 rings (SSSR count). The van der Waals surface area contributed by atoms with Crippen molar-refractivity contribution in [3.63, 3.8) is 0 Å². The highest BCUT2D eigenvalue weighted by Crippen LogP contribution is 2.37. The molecular weight excluding hydrogens is 324 g/mol. The number of rotatable bonds is 3. The van der Waals surface area contributed by atoms with Crippen molar-refractivity contribution in [2.24, 2.45) is 10.2 Å². The second kappa shape index (κ2) is 7.33.